The summed E-state index contributed by atoms with van der Waals surface area (Å²) in [5.41, 5.74) is 6.66. The van der Waals surface area contributed by atoms with Crippen molar-refractivity contribution in [2.75, 3.05) is 12.3 Å². The van der Waals surface area contributed by atoms with Crippen molar-refractivity contribution in [3.05, 3.63) is 29.1 Å². The summed E-state index contributed by atoms with van der Waals surface area (Å²) in [6.45, 7) is 0.753. The van der Waals surface area contributed by atoms with Gasteiger partial charge in [0.15, 0.2) is 0 Å². The normalized spacial score (nSPS) is 14.7. The Bertz CT molecular complexity index is 601. The van der Waals surface area contributed by atoms with Gasteiger partial charge in [0.05, 0.1) is 5.69 Å². The second-order valence-electron chi connectivity index (χ2n) is 5.18. The molecule has 1 aliphatic carbocycles. The number of rotatable bonds is 5. The lowest BCUT2D eigenvalue weighted by atomic mass is 10.2. The van der Waals surface area contributed by atoms with E-state index in [4.69, 9.17) is 5.73 Å². The van der Waals surface area contributed by atoms with Crippen molar-refractivity contribution in [2.24, 2.45) is 5.92 Å². The minimum atomic E-state index is -0.0329. The number of nitrogens with one attached hydrogen (secondary N) is 1. The number of carbonyl (C=O) groups is 1. The molecule has 19 heavy (non-hydrogen) atoms. The van der Waals surface area contributed by atoms with Gasteiger partial charge in [-0.25, -0.2) is 0 Å². The van der Waals surface area contributed by atoms with Crippen LogP contribution in [0.1, 0.15) is 35.4 Å². The second kappa shape index (κ2) is 5.21. The van der Waals surface area contributed by atoms with Crippen LogP contribution in [0.4, 0.5) is 5.69 Å². The van der Waals surface area contributed by atoms with E-state index in [1.54, 1.807) is 0 Å². The molecule has 1 aromatic carbocycles. The molecule has 3 N–H and O–H groups in total. The average molecular weight is 274 g/mol. The van der Waals surface area contributed by atoms with Gasteiger partial charge < -0.3 is 11.1 Å². The molecule has 3 rings (SSSR count). The molecule has 0 saturated heterocycles. The third kappa shape index (κ3) is 2.73. The highest BCUT2D eigenvalue weighted by atomic mass is 32.1. The third-order valence-corrected chi connectivity index (χ3v) is 4.80. The van der Waals surface area contributed by atoms with Gasteiger partial charge in [-0.1, -0.05) is 31.0 Å². The number of hydrogen-bond acceptors (Lipinski definition) is 3. The van der Waals surface area contributed by atoms with Crippen LogP contribution >= 0.6 is 11.3 Å². The lowest BCUT2D eigenvalue weighted by Crippen LogP contribution is -2.24. The Hall–Kier alpha value is -1.55. The van der Waals surface area contributed by atoms with Crippen LogP contribution < -0.4 is 11.1 Å². The van der Waals surface area contributed by atoms with E-state index in [1.807, 2.05) is 24.3 Å². The van der Waals surface area contributed by atoms with Crippen LogP contribution in [0.25, 0.3) is 10.1 Å². The molecule has 0 aliphatic heterocycles. The van der Waals surface area contributed by atoms with Gasteiger partial charge in [-0.2, -0.15) is 0 Å². The number of fused-ring (bicyclic) bond motifs is 1. The third-order valence-electron chi connectivity index (χ3n) is 3.61. The molecule has 1 amide bonds. The molecule has 3 nitrogen and oxygen atoms in total. The maximum Gasteiger partial charge on any atom is 0.263 e. The van der Waals surface area contributed by atoms with E-state index >= 15 is 0 Å². The van der Waals surface area contributed by atoms with Gasteiger partial charge in [0.2, 0.25) is 0 Å². The molecule has 4 heteroatoms. The molecule has 100 valence electrons. The van der Waals surface area contributed by atoms with Crippen molar-refractivity contribution in [1.82, 2.24) is 5.32 Å². The van der Waals surface area contributed by atoms with E-state index in [2.05, 4.69) is 5.32 Å². The number of nitrogen functional groups attached to an aromatic ring is 1. The maximum absolute atomic E-state index is 12.1. The zero-order valence-electron chi connectivity index (χ0n) is 10.8. The lowest BCUT2D eigenvalue weighted by Gasteiger charge is -2.03. The Morgan fingerprint density at radius 1 is 1.37 bits per heavy atom. The first-order valence-corrected chi connectivity index (χ1v) is 7.62. The first kappa shape index (κ1) is 12.5. The van der Waals surface area contributed by atoms with Gasteiger partial charge in [0.25, 0.3) is 5.91 Å². The van der Waals surface area contributed by atoms with Crippen LogP contribution in [-0.2, 0) is 0 Å². The van der Waals surface area contributed by atoms with Crippen molar-refractivity contribution in [3.8, 4) is 0 Å². The molecule has 0 bridgehead atoms. The monoisotopic (exact) mass is 274 g/mol. The Morgan fingerprint density at radius 2 is 2.16 bits per heavy atom. The van der Waals surface area contributed by atoms with E-state index in [-0.39, 0.29) is 5.91 Å². The first-order valence-electron chi connectivity index (χ1n) is 6.81. The van der Waals surface area contributed by atoms with Crippen molar-refractivity contribution >= 4 is 33.0 Å². The summed E-state index contributed by atoms with van der Waals surface area (Å²) in [6, 6.07) is 7.88. The summed E-state index contributed by atoms with van der Waals surface area (Å²) in [5, 5.41) is 3.96. The molecule has 0 radical (unpaired) electrons. The van der Waals surface area contributed by atoms with E-state index in [1.165, 1.54) is 30.6 Å². The van der Waals surface area contributed by atoms with Crippen molar-refractivity contribution in [1.29, 1.82) is 0 Å². The summed E-state index contributed by atoms with van der Waals surface area (Å²) < 4.78 is 1.07. The second-order valence-corrected chi connectivity index (χ2v) is 6.23. The van der Waals surface area contributed by atoms with Gasteiger partial charge in [-0.15, -0.1) is 11.3 Å². The smallest absolute Gasteiger partial charge is 0.263 e. The maximum atomic E-state index is 12.1. The van der Waals surface area contributed by atoms with E-state index in [0.29, 0.717) is 10.6 Å². The largest absolute Gasteiger partial charge is 0.397 e. The van der Waals surface area contributed by atoms with Gasteiger partial charge in [0.1, 0.15) is 4.88 Å². The fourth-order valence-electron chi connectivity index (χ4n) is 2.31. The zero-order chi connectivity index (χ0) is 13.2. The van der Waals surface area contributed by atoms with Crippen LogP contribution in [-0.4, -0.2) is 12.5 Å². The number of anilines is 1. The first-order chi connectivity index (χ1) is 9.25. The minimum absolute atomic E-state index is 0.0329. The lowest BCUT2D eigenvalue weighted by molar-refractivity contribution is 0.0957. The molecule has 0 unspecified atom stereocenters. The molecule has 0 atom stereocenters. The van der Waals surface area contributed by atoms with Crippen LogP contribution in [0, 0.1) is 5.92 Å². The molecule has 1 fully saturated rings. The number of amides is 1. The summed E-state index contributed by atoms with van der Waals surface area (Å²) in [6.07, 6.45) is 5.05. The Balaban J connectivity index is 1.65. The van der Waals surface area contributed by atoms with Crippen molar-refractivity contribution in [3.63, 3.8) is 0 Å². The number of hydrogen-bond donors (Lipinski definition) is 2. The summed E-state index contributed by atoms with van der Waals surface area (Å²) in [7, 11) is 0. The fraction of sp³-hybridized carbons (Fsp3) is 0.400. The highest BCUT2D eigenvalue weighted by Crippen LogP contribution is 2.34. The summed E-state index contributed by atoms with van der Waals surface area (Å²) in [4.78, 5) is 12.8. The molecule has 1 saturated carbocycles. The Morgan fingerprint density at radius 3 is 2.89 bits per heavy atom. The van der Waals surface area contributed by atoms with Crippen LogP contribution in [0.3, 0.4) is 0 Å². The highest BCUT2D eigenvalue weighted by Gasteiger charge is 2.20. The predicted molar refractivity (Wildman–Crippen MR) is 80.5 cm³/mol. The fourth-order valence-corrected chi connectivity index (χ4v) is 3.35. The Labute approximate surface area is 116 Å². The van der Waals surface area contributed by atoms with Gasteiger partial charge in [0, 0.05) is 16.6 Å². The quantitative estimate of drug-likeness (QED) is 0.821. The molecular formula is C15H18N2OS. The molecule has 1 heterocycles. The molecule has 1 aliphatic rings. The zero-order valence-corrected chi connectivity index (χ0v) is 11.6. The Kier molecular flexibility index (Phi) is 3.42. The molecule has 1 aromatic heterocycles. The predicted octanol–water partition coefficient (Wildman–Crippen LogP) is 3.40. The highest BCUT2D eigenvalue weighted by molar-refractivity contribution is 7.21. The van der Waals surface area contributed by atoms with Crippen LogP contribution in [0.5, 0.6) is 0 Å². The number of benzene rings is 1. The van der Waals surface area contributed by atoms with Crippen LogP contribution in [0.15, 0.2) is 24.3 Å². The standard InChI is InChI=1S/C15H18N2OS/c16-13-11-5-1-2-6-12(11)19-14(13)15(18)17-9-3-4-10-7-8-10/h1-2,5-6,10H,3-4,7-9,16H2,(H,17,18). The van der Waals surface area contributed by atoms with Crippen molar-refractivity contribution in [2.45, 2.75) is 25.7 Å². The van der Waals surface area contributed by atoms with E-state index in [9.17, 15) is 4.79 Å². The van der Waals surface area contributed by atoms with E-state index < -0.39 is 0 Å². The van der Waals surface area contributed by atoms with Crippen molar-refractivity contribution < 1.29 is 4.79 Å². The number of thiophene rings is 1. The molecular weight excluding hydrogens is 256 g/mol. The topological polar surface area (TPSA) is 55.1 Å². The average Bonchev–Trinajstić information content (AvgIpc) is 3.19. The van der Waals surface area contributed by atoms with E-state index in [0.717, 1.165) is 29.0 Å². The summed E-state index contributed by atoms with van der Waals surface area (Å²) in [5.74, 6) is 0.890. The minimum Gasteiger partial charge on any atom is -0.397 e. The molecule has 0 spiro atoms. The van der Waals surface area contributed by atoms with Gasteiger partial charge >= 0.3 is 0 Å². The van der Waals surface area contributed by atoms with Crippen LogP contribution in [0.2, 0.25) is 0 Å². The SMILES string of the molecule is Nc1c(C(=O)NCCCC2CC2)sc2ccccc12. The van der Waals surface area contributed by atoms with Gasteiger partial charge in [-0.05, 0) is 24.8 Å². The summed E-state index contributed by atoms with van der Waals surface area (Å²) >= 11 is 1.47. The number of nitrogens with two attached hydrogens (primary N) is 1. The molecule has 2 aromatic rings. The van der Waals surface area contributed by atoms with Gasteiger partial charge in [-0.3, -0.25) is 4.79 Å². The number of carbonyl (C=O) groups excluding carboxylic acids is 1.